The van der Waals surface area contributed by atoms with Crippen LogP contribution in [0.25, 0.3) is 15.5 Å². The summed E-state index contributed by atoms with van der Waals surface area (Å²) < 4.78 is 1.70. The Morgan fingerprint density at radius 1 is 1.12 bits per heavy atom. The Labute approximate surface area is 191 Å². The number of fused-ring (bicyclic) bond motifs is 1. The third-order valence-corrected chi connectivity index (χ3v) is 5.92. The second-order valence-electron chi connectivity index (χ2n) is 7.05. The number of carbonyl (C=O) groups is 1. The fourth-order valence-corrected chi connectivity index (χ4v) is 4.13. The van der Waals surface area contributed by atoms with E-state index in [9.17, 15) is 14.9 Å². The number of nitrogens with one attached hydrogen (secondary N) is 2. The molecule has 0 unspecified atom stereocenters. The van der Waals surface area contributed by atoms with E-state index in [4.69, 9.17) is 12.2 Å². The SMILES string of the molecule is Cc1cc(-c2nn3c(C)nnc3s2)ccc1NC(=S)NC(=O)c1ccc(C)c([N+](=O)[O-])c1. The van der Waals surface area contributed by atoms with E-state index in [1.54, 1.807) is 11.4 Å². The number of nitrogens with zero attached hydrogens (tertiary/aromatic N) is 5. The lowest BCUT2D eigenvalue weighted by molar-refractivity contribution is -0.385. The number of rotatable bonds is 4. The molecule has 0 saturated carbocycles. The van der Waals surface area contributed by atoms with Crippen molar-refractivity contribution >= 4 is 50.9 Å². The molecule has 0 bridgehead atoms. The van der Waals surface area contributed by atoms with Gasteiger partial charge in [0, 0.05) is 28.4 Å². The maximum absolute atomic E-state index is 12.5. The van der Waals surface area contributed by atoms with Gasteiger partial charge in [-0.3, -0.25) is 20.2 Å². The van der Waals surface area contributed by atoms with Gasteiger partial charge in [-0.25, -0.2) is 0 Å². The third-order valence-electron chi connectivity index (χ3n) is 4.76. The fraction of sp³-hybridized carbons (Fsp3) is 0.150. The Morgan fingerprint density at radius 2 is 1.91 bits per heavy atom. The Balaban J connectivity index is 1.47. The Kier molecular flexibility index (Phi) is 5.63. The van der Waals surface area contributed by atoms with E-state index in [2.05, 4.69) is 25.9 Å². The minimum Gasteiger partial charge on any atom is -0.332 e. The van der Waals surface area contributed by atoms with Gasteiger partial charge < -0.3 is 5.32 Å². The summed E-state index contributed by atoms with van der Waals surface area (Å²) in [7, 11) is 0. The Hall–Kier alpha value is -3.77. The molecule has 2 N–H and O–H groups in total. The van der Waals surface area contributed by atoms with E-state index >= 15 is 0 Å². The van der Waals surface area contributed by atoms with Gasteiger partial charge in [0.2, 0.25) is 4.96 Å². The number of anilines is 1. The van der Waals surface area contributed by atoms with Crippen LogP contribution < -0.4 is 10.6 Å². The van der Waals surface area contributed by atoms with Crippen molar-refractivity contribution in [3.63, 3.8) is 0 Å². The van der Waals surface area contributed by atoms with Gasteiger partial charge in [0.25, 0.3) is 11.6 Å². The molecule has 1 amide bonds. The molecule has 0 aliphatic heterocycles. The molecule has 4 rings (SSSR count). The Morgan fingerprint density at radius 3 is 2.59 bits per heavy atom. The van der Waals surface area contributed by atoms with Crippen LogP contribution in [0.15, 0.2) is 36.4 Å². The van der Waals surface area contributed by atoms with Gasteiger partial charge >= 0.3 is 0 Å². The van der Waals surface area contributed by atoms with E-state index in [1.807, 2.05) is 32.0 Å². The molecule has 10 nitrogen and oxygen atoms in total. The van der Waals surface area contributed by atoms with Crippen molar-refractivity contribution in [1.82, 2.24) is 25.1 Å². The lowest BCUT2D eigenvalue weighted by Crippen LogP contribution is -2.34. The van der Waals surface area contributed by atoms with Crippen molar-refractivity contribution in [3.05, 3.63) is 69.0 Å². The fourth-order valence-electron chi connectivity index (χ4n) is 3.04. The maximum Gasteiger partial charge on any atom is 0.273 e. The quantitative estimate of drug-likeness (QED) is 0.263. The highest BCUT2D eigenvalue weighted by molar-refractivity contribution is 7.80. The van der Waals surface area contributed by atoms with Crippen molar-refractivity contribution in [2.24, 2.45) is 0 Å². The summed E-state index contributed by atoms with van der Waals surface area (Å²) in [6.45, 7) is 5.36. The first-order valence-corrected chi connectivity index (χ1v) is 10.6. The molecule has 0 fully saturated rings. The predicted molar refractivity (Wildman–Crippen MR) is 125 cm³/mol. The summed E-state index contributed by atoms with van der Waals surface area (Å²) in [5.74, 6) is 0.187. The van der Waals surface area contributed by atoms with Crippen LogP contribution in [0.4, 0.5) is 11.4 Å². The number of carbonyl (C=O) groups excluding carboxylic acids is 1. The number of nitro groups is 1. The number of hydrogen-bond acceptors (Lipinski definition) is 8. The second kappa shape index (κ2) is 8.40. The van der Waals surface area contributed by atoms with Gasteiger partial charge in [0.15, 0.2) is 10.9 Å². The zero-order valence-electron chi connectivity index (χ0n) is 17.2. The van der Waals surface area contributed by atoms with Crippen molar-refractivity contribution in [2.45, 2.75) is 20.8 Å². The highest BCUT2D eigenvalue weighted by Gasteiger charge is 2.16. The summed E-state index contributed by atoms with van der Waals surface area (Å²) in [5.41, 5.74) is 3.04. The largest absolute Gasteiger partial charge is 0.332 e. The number of aromatic nitrogens is 4. The highest BCUT2D eigenvalue weighted by Crippen LogP contribution is 2.28. The monoisotopic (exact) mass is 467 g/mol. The van der Waals surface area contributed by atoms with Gasteiger partial charge in [-0.05, 0) is 62.8 Å². The normalized spacial score (nSPS) is 10.8. The van der Waals surface area contributed by atoms with Crippen LogP contribution >= 0.6 is 23.6 Å². The van der Waals surface area contributed by atoms with E-state index in [-0.39, 0.29) is 16.4 Å². The number of thiocarbonyl (C=S) groups is 1. The Bertz CT molecular complexity index is 1390. The van der Waals surface area contributed by atoms with Crippen molar-refractivity contribution in [3.8, 4) is 10.6 Å². The maximum atomic E-state index is 12.5. The molecule has 12 heteroatoms. The predicted octanol–water partition coefficient (Wildman–Crippen LogP) is 3.81. The summed E-state index contributed by atoms with van der Waals surface area (Å²) in [5, 5.41) is 30.1. The van der Waals surface area contributed by atoms with Gasteiger partial charge in [0.1, 0.15) is 5.01 Å². The van der Waals surface area contributed by atoms with Crippen LogP contribution in [-0.2, 0) is 0 Å². The first-order valence-electron chi connectivity index (χ1n) is 9.40. The zero-order chi connectivity index (χ0) is 23.0. The topological polar surface area (TPSA) is 127 Å². The van der Waals surface area contributed by atoms with Gasteiger partial charge in [-0.1, -0.05) is 17.4 Å². The van der Waals surface area contributed by atoms with Crippen LogP contribution in [0.1, 0.15) is 27.3 Å². The van der Waals surface area contributed by atoms with Crippen molar-refractivity contribution in [1.29, 1.82) is 0 Å². The van der Waals surface area contributed by atoms with Crippen LogP contribution in [0.2, 0.25) is 0 Å². The van der Waals surface area contributed by atoms with Crippen LogP contribution in [0, 0.1) is 30.9 Å². The van der Waals surface area contributed by atoms with E-state index in [1.165, 1.54) is 29.5 Å². The molecular weight excluding hydrogens is 450 g/mol. The molecule has 162 valence electrons. The molecule has 0 radical (unpaired) electrons. The van der Waals surface area contributed by atoms with Gasteiger partial charge in [-0.15, -0.1) is 10.2 Å². The van der Waals surface area contributed by atoms with E-state index in [0.717, 1.165) is 26.9 Å². The second-order valence-corrected chi connectivity index (χ2v) is 8.41. The molecule has 0 aliphatic carbocycles. The van der Waals surface area contributed by atoms with E-state index in [0.29, 0.717) is 11.3 Å². The number of aryl methyl sites for hydroxylation is 3. The molecule has 2 heterocycles. The number of amides is 1. The summed E-state index contributed by atoms with van der Waals surface area (Å²) in [4.78, 5) is 23.8. The van der Waals surface area contributed by atoms with Gasteiger partial charge in [0.05, 0.1) is 4.92 Å². The zero-order valence-corrected chi connectivity index (χ0v) is 18.9. The standard InChI is InChI=1S/C20H17N7O3S2/c1-10-4-5-13(9-16(10)27(29)30)17(28)22-19(31)21-15-7-6-14(8-11(15)2)18-25-26-12(3)23-24-20(26)32-18/h4-9H,1-3H3,(H2,21,22,28,31). The average molecular weight is 468 g/mol. The van der Waals surface area contributed by atoms with Crippen molar-refractivity contribution < 1.29 is 9.72 Å². The number of nitro benzene ring substituents is 1. The minimum absolute atomic E-state index is 0.0866. The van der Waals surface area contributed by atoms with Crippen molar-refractivity contribution in [2.75, 3.05) is 5.32 Å². The molecule has 0 spiro atoms. The minimum atomic E-state index is -0.532. The van der Waals surface area contributed by atoms with E-state index < -0.39 is 10.8 Å². The molecule has 0 aliphatic rings. The summed E-state index contributed by atoms with van der Waals surface area (Å²) in [6, 6.07) is 9.97. The average Bonchev–Trinajstić information content (AvgIpc) is 3.31. The summed E-state index contributed by atoms with van der Waals surface area (Å²) in [6.07, 6.45) is 0. The van der Waals surface area contributed by atoms with Crippen LogP contribution in [0.3, 0.4) is 0 Å². The van der Waals surface area contributed by atoms with Gasteiger partial charge in [-0.2, -0.15) is 9.61 Å². The molecule has 0 atom stereocenters. The molecule has 2 aromatic heterocycles. The van der Waals surface area contributed by atoms with Crippen LogP contribution in [-0.4, -0.2) is 35.8 Å². The molecule has 4 aromatic rings. The molecule has 2 aromatic carbocycles. The lowest BCUT2D eigenvalue weighted by Gasteiger charge is -2.12. The smallest absolute Gasteiger partial charge is 0.273 e. The third kappa shape index (κ3) is 4.18. The number of benzene rings is 2. The lowest BCUT2D eigenvalue weighted by atomic mass is 10.1. The van der Waals surface area contributed by atoms with Crippen LogP contribution in [0.5, 0.6) is 0 Å². The molecule has 32 heavy (non-hydrogen) atoms. The summed E-state index contributed by atoms with van der Waals surface area (Å²) >= 11 is 6.69. The molecule has 0 saturated heterocycles. The first kappa shape index (κ1) is 21.5. The molecular formula is C20H17N7O3S2. The number of hydrogen-bond donors (Lipinski definition) is 2. The first-order chi connectivity index (χ1) is 15.2. The highest BCUT2D eigenvalue weighted by atomic mass is 32.1.